The summed E-state index contributed by atoms with van der Waals surface area (Å²) in [4.78, 5) is 32.6. The number of carbonyl (C=O) groups is 2. The number of aliphatic hydroxyl groups excluding tert-OH is 1. The molecule has 0 bridgehead atoms. The van der Waals surface area contributed by atoms with Crippen LogP contribution in [-0.2, 0) is 22.6 Å². The number of hydrogen-bond donors (Lipinski definition) is 1. The Hall–Kier alpha value is -4.33. The van der Waals surface area contributed by atoms with Gasteiger partial charge in [-0.3, -0.25) is 14.6 Å². The maximum absolute atomic E-state index is 13.5. The van der Waals surface area contributed by atoms with Crippen LogP contribution in [0.4, 0.5) is 0 Å². The molecule has 1 fully saturated rings. The number of ketones is 1. The fraction of sp³-hybridized carbons (Fsp3) is 0.323. The zero-order chi connectivity index (χ0) is 27.5. The SMILES string of the molecule is CCCOc1ccc([C@@H]2/C(=C(\O)c3ccc4c(c3)C[C@@H](C)O4)C(=O)C(=O)N2Cc2cccnc2)cc1OCC. The maximum atomic E-state index is 13.5. The van der Waals surface area contributed by atoms with Crippen molar-refractivity contribution < 1.29 is 28.9 Å². The first-order chi connectivity index (χ1) is 18.9. The minimum atomic E-state index is -0.840. The Morgan fingerprint density at radius 2 is 1.95 bits per heavy atom. The van der Waals surface area contributed by atoms with Crippen molar-refractivity contribution in [2.24, 2.45) is 0 Å². The lowest BCUT2D eigenvalue weighted by molar-refractivity contribution is -0.140. The van der Waals surface area contributed by atoms with Crippen LogP contribution in [-0.4, -0.2) is 46.0 Å². The second-order valence-electron chi connectivity index (χ2n) is 9.73. The van der Waals surface area contributed by atoms with Crippen molar-refractivity contribution in [1.82, 2.24) is 9.88 Å². The quantitative estimate of drug-likeness (QED) is 0.231. The second-order valence-corrected chi connectivity index (χ2v) is 9.73. The molecule has 2 aliphatic rings. The van der Waals surface area contributed by atoms with E-state index in [2.05, 4.69) is 4.98 Å². The van der Waals surface area contributed by atoms with Crippen LogP contribution in [0, 0.1) is 0 Å². The number of amides is 1. The number of aromatic nitrogens is 1. The predicted octanol–water partition coefficient (Wildman–Crippen LogP) is 5.21. The van der Waals surface area contributed by atoms with Crippen molar-refractivity contribution in [1.29, 1.82) is 0 Å². The highest BCUT2D eigenvalue weighted by Crippen LogP contribution is 2.43. The molecule has 3 aromatic rings. The number of nitrogens with zero attached hydrogens (tertiary/aromatic N) is 2. The topological polar surface area (TPSA) is 98.2 Å². The predicted molar refractivity (Wildman–Crippen MR) is 146 cm³/mol. The van der Waals surface area contributed by atoms with Crippen molar-refractivity contribution >= 4 is 17.4 Å². The molecule has 5 rings (SSSR count). The number of aliphatic hydroxyl groups is 1. The van der Waals surface area contributed by atoms with Gasteiger partial charge in [0.05, 0.1) is 24.8 Å². The van der Waals surface area contributed by atoms with Crippen LogP contribution in [0.1, 0.15) is 55.5 Å². The number of likely N-dealkylation sites (tertiary alicyclic amines) is 1. The van der Waals surface area contributed by atoms with Gasteiger partial charge >= 0.3 is 0 Å². The Balaban J connectivity index is 1.63. The van der Waals surface area contributed by atoms with Crippen molar-refractivity contribution in [2.45, 2.75) is 52.3 Å². The van der Waals surface area contributed by atoms with Crippen LogP contribution < -0.4 is 14.2 Å². The number of pyridine rings is 1. The average Bonchev–Trinajstić information content (AvgIpc) is 3.43. The summed E-state index contributed by atoms with van der Waals surface area (Å²) in [6.45, 7) is 6.97. The highest BCUT2D eigenvalue weighted by molar-refractivity contribution is 6.46. The third-order valence-corrected chi connectivity index (χ3v) is 6.83. The lowest BCUT2D eigenvalue weighted by Crippen LogP contribution is -2.29. The zero-order valence-corrected chi connectivity index (χ0v) is 22.3. The van der Waals surface area contributed by atoms with E-state index in [1.165, 1.54) is 4.90 Å². The standard InChI is InChI=1S/C31H32N2O6/c1-4-13-38-25-11-8-21(16-26(25)37-5-2)28-27(29(34)22-9-10-24-23(15-22)14-19(3)39-24)30(35)31(36)33(28)18-20-7-6-12-32-17-20/h6-12,15-17,19,28,34H,4-5,13-14,18H2,1-3H3/b29-27+/t19-,28-/m1/s1. The fourth-order valence-electron chi connectivity index (χ4n) is 5.10. The summed E-state index contributed by atoms with van der Waals surface area (Å²) in [5, 5.41) is 11.5. The van der Waals surface area contributed by atoms with Gasteiger partial charge in [-0.05, 0) is 73.4 Å². The van der Waals surface area contributed by atoms with E-state index in [0.29, 0.717) is 42.3 Å². The average molecular weight is 529 g/mol. The summed E-state index contributed by atoms with van der Waals surface area (Å²) in [6.07, 6.45) is 4.88. The van der Waals surface area contributed by atoms with E-state index in [1.54, 1.807) is 42.7 Å². The minimum Gasteiger partial charge on any atom is -0.507 e. The van der Waals surface area contributed by atoms with E-state index in [4.69, 9.17) is 14.2 Å². The number of carbonyl (C=O) groups excluding carboxylic acids is 2. The molecule has 8 heteroatoms. The molecule has 2 atom stereocenters. The molecule has 1 aromatic heterocycles. The summed E-state index contributed by atoms with van der Waals surface area (Å²) in [7, 11) is 0. The summed E-state index contributed by atoms with van der Waals surface area (Å²) < 4.78 is 17.5. The van der Waals surface area contributed by atoms with Crippen LogP contribution in [0.3, 0.4) is 0 Å². The van der Waals surface area contributed by atoms with Crippen molar-refractivity contribution in [3.05, 3.63) is 88.8 Å². The molecule has 8 nitrogen and oxygen atoms in total. The van der Waals surface area contributed by atoms with E-state index >= 15 is 0 Å². The monoisotopic (exact) mass is 528 g/mol. The number of rotatable bonds is 9. The van der Waals surface area contributed by atoms with Crippen molar-refractivity contribution in [3.63, 3.8) is 0 Å². The van der Waals surface area contributed by atoms with Gasteiger partial charge in [-0.15, -0.1) is 0 Å². The number of fused-ring (bicyclic) bond motifs is 1. The molecule has 2 aliphatic heterocycles. The Labute approximate surface area is 227 Å². The van der Waals surface area contributed by atoms with Crippen LogP contribution in [0.15, 0.2) is 66.5 Å². The normalized spacial score (nSPS) is 19.6. The Morgan fingerprint density at radius 3 is 2.69 bits per heavy atom. The first-order valence-electron chi connectivity index (χ1n) is 13.3. The summed E-state index contributed by atoms with van der Waals surface area (Å²) in [5.74, 6) is 0.206. The first-order valence-corrected chi connectivity index (χ1v) is 13.3. The smallest absolute Gasteiger partial charge is 0.295 e. The van der Waals surface area contributed by atoms with Crippen LogP contribution in [0.2, 0.25) is 0 Å². The van der Waals surface area contributed by atoms with Gasteiger partial charge in [0.25, 0.3) is 11.7 Å². The lowest BCUT2D eigenvalue weighted by Gasteiger charge is -2.26. The minimum absolute atomic E-state index is 0.0282. The third kappa shape index (κ3) is 5.19. The van der Waals surface area contributed by atoms with Gasteiger partial charge in [0.2, 0.25) is 0 Å². The molecule has 0 unspecified atom stereocenters. The van der Waals surface area contributed by atoms with Gasteiger partial charge in [-0.25, -0.2) is 0 Å². The molecule has 0 aliphatic carbocycles. The highest BCUT2D eigenvalue weighted by atomic mass is 16.5. The molecule has 1 amide bonds. The largest absolute Gasteiger partial charge is 0.507 e. The molecule has 2 aromatic carbocycles. The summed E-state index contributed by atoms with van der Waals surface area (Å²) in [5.41, 5.74) is 2.83. The second kappa shape index (κ2) is 11.2. The molecule has 0 saturated carbocycles. The van der Waals surface area contributed by atoms with Crippen LogP contribution >= 0.6 is 0 Å². The fourth-order valence-corrected chi connectivity index (χ4v) is 5.10. The highest BCUT2D eigenvalue weighted by Gasteiger charge is 2.46. The summed E-state index contributed by atoms with van der Waals surface area (Å²) in [6, 6.07) is 13.5. The molecule has 0 spiro atoms. The van der Waals surface area contributed by atoms with E-state index < -0.39 is 17.7 Å². The van der Waals surface area contributed by atoms with E-state index in [-0.39, 0.29) is 24.0 Å². The number of benzene rings is 2. The Kier molecular flexibility index (Phi) is 7.54. The van der Waals surface area contributed by atoms with Gasteiger partial charge in [-0.2, -0.15) is 0 Å². The number of ether oxygens (including phenoxy) is 3. The number of hydrogen-bond acceptors (Lipinski definition) is 7. The van der Waals surface area contributed by atoms with Crippen LogP contribution in [0.5, 0.6) is 17.2 Å². The lowest BCUT2D eigenvalue weighted by atomic mass is 9.94. The van der Waals surface area contributed by atoms with Crippen molar-refractivity contribution in [2.75, 3.05) is 13.2 Å². The molecular formula is C31H32N2O6. The molecular weight excluding hydrogens is 496 g/mol. The zero-order valence-electron chi connectivity index (χ0n) is 22.3. The van der Waals surface area contributed by atoms with Gasteiger partial charge in [0.15, 0.2) is 11.5 Å². The first kappa shape index (κ1) is 26.3. The molecule has 1 saturated heterocycles. The molecule has 3 heterocycles. The van der Waals surface area contributed by atoms with Gasteiger partial charge < -0.3 is 24.2 Å². The molecule has 202 valence electrons. The van der Waals surface area contributed by atoms with E-state index in [1.807, 2.05) is 39.0 Å². The molecule has 39 heavy (non-hydrogen) atoms. The number of Topliss-reactive ketones (excluding diaryl/α,β-unsaturated/α-hetero) is 1. The Bertz CT molecular complexity index is 1420. The van der Waals surface area contributed by atoms with Gasteiger partial charge in [0, 0.05) is 30.9 Å². The van der Waals surface area contributed by atoms with Crippen LogP contribution in [0.25, 0.3) is 5.76 Å². The van der Waals surface area contributed by atoms with Crippen molar-refractivity contribution in [3.8, 4) is 17.2 Å². The summed E-state index contributed by atoms with van der Waals surface area (Å²) >= 11 is 0. The maximum Gasteiger partial charge on any atom is 0.295 e. The molecule has 0 radical (unpaired) electrons. The third-order valence-electron chi connectivity index (χ3n) is 6.83. The van der Waals surface area contributed by atoms with E-state index in [9.17, 15) is 14.7 Å². The molecule has 1 N–H and O–H groups in total. The van der Waals surface area contributed by atoms with Gasteiger partial charge in [0.1, 0.15) is 17.6 Å². The Morgan fingerprint density at radius 1 is 1.10 bits per heavy atom. The van der Waals surface area contributed by atoms with E-state index in [0.717, 1.165) is 23.3 Å². The van der Waals surface area contributed by atoms with Gasteiger partial charge in [-0.1, -0.05) is 19.1 Å².